The number of nitrogens with zero attached hydrogens (tertiary/aromatic N) is 2. The molecule has 4 aliphatic carbocycles. The molecule has 1 aliphatic heterocycles. The van der Waals surface area contributed by atoms with Crippen molar-refractivity contribution in [1.82, 2.24) is 15.2 Å². The van der Waals surface area contributed by atoms with Gasteiger partial charge in [-0.3, -0.25) is 9.69 Å². The van der Waals surface area contributed by atoms with Gasteiger partial charge >= 0.3 is 0 Å². The lowest BCUT2D eigenvalue weighted by Gasteiger charge is -2.59. The number of carbonyl (C=O) groups is 1. The van der Waals surface area contributed by atoms with Gasteiger partial charge in [-0.05, 0) is 101 Å². The van der Waals surface area contributed by atoms with Gasteiger partial charge in [0.1, 0.15) is 0 Å². The van der Waals surface area contributed by atoms with Crippen LogP contribution in [0.25, 0.3) is 0 Å². The van der Waals surface area contributed by atoms with Gasteiger partial charge in [0, 0.05) is 23.9 Å². The summed E-state index contributed by atoms with van der Waals surface area (Å²) in [5.41, 5.74) is 1.59. The molecule has 5 heteroatoms. The highest BCUT2D eigenvalue weighted by Gasteiger charge is 2.53. The molecule has 28 heavy (non-hydrogen) atoms. The molecule has 4 nitrogen and oxygen atoms in total. The molecular weight excluding hydrogens is 366 g/mol. The predicted octanol–water partition coefficient (Wildman–Crippen LogP) is 4.38. The minimum Gasteiger partial charge on any atom is -0.353 e. The highest BCUT2D eigenvalue weighted by molar-refractivity contribution is 7.09. The normalized spacial score (nSPS) is 36.6. The Morgan fingerprint density at radius 1 is 1.21 bits per heavy atom. The number of carbonyl (C=O) groups excluding carboxylic acids is 1. The molecule has 1 amide bonds. The quantitative estimate of drug-likeness (QED) is 0.796. The number of aromatic nitrogens is 1. The molecule has 1 N–H and O–H groups in total. The Hall–Kier alpha value is -0.940. The Bertz CT molecular complexity index is 686. The number of hydrogen-bond donors (Lipinski definition) is 1. The van der Waals surface area contributed by atoms with Crippen LogP contribution in [0.3, 0.4) is 0 Å². The van der Waals surface area contributed by atoms with E-state index in [0.29, 0.717) is 17.4 Å². The average Bonchev–Trinajstić information content (AvgIpc) is 3.06. The summed E-state index contributed by atoms with van der Waals surface area (Å²) in [5, 5.41) is 6.82. The van der Waals surface area contributed by atoms with Crippen molar-refractivity contribution in [3.05, 3.63) is 16.1 Å². The minimum atomic E-state index is 0.199. The summed E-state index contributed by atoms with van der Waals surface area (Å²) in [6, 6.07) is 0.351. The summed E-state index contributed by atoms with van der Waals surface area (Å²) in [6.45, 7) is 7.34. The number of amides is 1. The molecule has 0 spiro atoms. The SMILES string of the molecule is Cc1nc(CN2CCC(C(=O)NC(C)C34CC5CC(CC(C5)C3)C4)CC2)cs1. The second-order valence-electron chi connectivity index (χ2n) is 10.4. The number of likely N-dealkylation sites (tertiary alicyclic amines) is 1. The second kappa shape index (κ2) is 7.39. The molecule has 1 saturated heterocycles. The molecule has 1 aromatic rings. The number of thiazole rings is 1. The van der Waals surface area contributed by atoms with Crippen molar-refractivity contribution >= 4 is 17.2 Å². The van der Waals surface area contributed by atoms with E-state index in [9.17, 15) is 4.79 Å². The lowest BCUT2D eigenvalue weighted by Crippen LogP contribution is -2.56. The van der Waals surface area contributed by atoms with Crippen LogP contribution in [0.2, 0.25) is 0 Å². The summed E-state index contributed by atoms with van der Waals surface area (Å²) in [7, 11) is 0. The summed E-state index contributed by atoms with van der Waals surface area (Å²) in [5.74, 6) is 3.37. The highest BCUT2D eigenvalue weighted by atomic mass is 32.1. The van der Waals surface area contributed by atoms with Crippen molar-refractivity contribution in [3.8, 4) is 0 Å². The van der Waals surface area contributed by atoms with Gasteiger partial charge in [0.25, 0.3) is 0 Å². The van der Waals surface area contributed by atoms with E-state index in [1.54, 1.807) is 11.3 Å². The monoisotopic (exact) mass is 401 g/mol. The minimum absolute atomic E-state index is 0.199. The fraction of sp³-hybridized carbons (Fsp3) is 0.826. The Balaban J connectivity index is 1.13. The van der Waals surface area contributed by atoms with E-state index in [-0.39, 0.29) is 5.92 Å². The van der Waals surface area contributed by atoms with Crippen molar-refractivity contribution in [2.75, 3.05) is 13.1 Å². The molecule has 1 aromatic heterocycles. The van der Waals surface area contributed by atoms with Gasteiger partial charge in [-0.1, -0.05) is 0 Å². The van der Waals surface area contributed by atoms with Crippen molar-refractivity contribution in [1.29, 1.82) is 0 Å². The van der Waals surface area contributed by atoms with E-state index in [1.807, 2.05) is 0 Å². The van der Waals surface area contributed by atoms with Crippen LogP contribution in [0.1, 0.15) is 69.0 Å². The first kappa shape index (κ1) is 19.0. The zero-order valence-corrected chi connectivity index (χ0v) is 18.3. The summed E-state index contributed by atoms with van der Waals surface area (Å²) >= 11 is 1.73. The van der Waals surface area contributed by atoms with Gasteiger partial charge in [-0.25, -0.2) is 4.98 Å². The molecule has 0 radical (unpaired) electrons. The largest absolute Gasteiger partial charge is 0.353 e. The van der Waals surface area contributed by atoms with E-state index in [2.05, 4.69) is 34.4 Å². The van der Waals surface area contributed by atoms with E-state index in [0.717, 1.165) is 55.2 Å². The molecule has 154 valence electrons. The maximum absolute atomic E-state index is 13.0. The second-order valence-corrected chi connectivity index (χ2v) is 11.5. The molecule has 5 fully saturated rings. The molecule has 6 rings (SSSR count). The topological polar surface area (TPSA) is 45.2 Å². The summed E-state index contributed by atoms with van der Waals surface area (Å²) in [4.78, 5) is 20.1. The zero-order valence-electron chi connectivity index (χ0n) is 17.5. The van der Waals surface area contributed by atoms with Gasteiger partial charge in [-0.15, -0.1) is 11.3 Å². The van der Waals surface area contributed by atoms with Gasteiger partial charge in [-0.2, -0.15) is 0 Å². The van der Waals surface area contributed by atoms with Crippen LogP contribution in [0.15, 0.2) is 5.38 Å². The molecule has 1 atom stereocenters. The number of hydrogen-bond acceptors (Lipinski definition) is 4. The third-order valence-corrected chi connectivity index (χ3v) is 9.20. The lowest BCUT2D eigenvalue weighted by atomic mass is 9.48. The first-order valence-electron chi connectivity index (χ1n) is 11.4. The molecule has 1 unspecified atom stereocenters. The van der Waals surface area contributed by atoms with Crippen molar-refractivity contribution in [2.24, 2.45) is 29.1 Å². The van der Waals surface area contributed by atoms with Crippen LogP contribution in [-0.2, 0) is 11.3 Å². The third kappa shape index (κ3) is 3.65. The van der Waals surface area contributed by atoms with Crippen LogP contribution in [-0.4, -0.2) is 34.9 Å². The van der Waals surface area contributed by atoms with Gasteiger partial charge in [0.05, 0.1) is 10.7 Å². The first-order chi connectivity index (χ1) is 13.5. The molecule has 4 saturated carbocycles. The maximum atomic E-state index is 13.0. The van der Waals surface area contributed by atoms with Crippen LogP contribution in [0.5, 0.6) is 0 Å². The average molecular weight is 402 g/mol. The summed E-state index contributed by atoms with van der Waals surface area (Å²) < 4.78 is 0. The van der Waals surface area contributed by atoms with E-state index in [4.69, 9.17) is 0 Å². The van der Waals surface area contributed by atoms with Gasteiger partial charge < -0.3 is 5.32 Å². The van der Waals surface area contributed by atoms with Crippen LogP contribution in [0.4, 0.5) is 0 Å². The van der Waals surface area contributed by atoms with E-state index >= 15 is 0 Å². The fourth-order valence-corrected chi connectivity index (χ4v) is 7.86. The smallest absolute Gasteiger partial charge is 0.223 e. The van der Waals surface area contributed by atoms with Crippen LogP contribution in [0, 0.1) is 36.0 Å². The maximum Gasteiger partial charge on any atom is 0.223 e. The van der Waals surface area contributed by atoms with E-state index < -0.39 is 0 Å². The van der Waals surface area contributed by atoms with Crippen LogP contribution >= 0.6 is 11.3 Å². The molecular formula is C23H35N3OS. The number of rotatable bonds is 5. The third-order valence-electron chi connectivity index (χ3n) is 8.37. The van der Waals surface area contributed by atoms with E-state index in [1.165, 1.54) is 44.2 Å². The molecule has 2 heterocycles. The number of nitrogens with one attached hydrogen (secondary N) is 1. The molecule has 5 aliphatic rings. The van der Waals surface area contributed by atoms with Crippen molar-refractivity contribution < 1.29 is 4.79 Å². The van der Waals surface area contributed by atoms with Gasteiger partial charge in [0.15, 0.2) is 0 Å². The first-order valence-corrected chi connectivity index (χ1v) is 12.3. The molecule has 4 bridgehead atoms. The molecule has 0 aromatic carbocycles. The Labute approximate surface area is 173 Å². The zero-order chi connectivity index (χ0) is 19.3. The number of piperidine rings is 1. The lowest BCUT2D eigenvalue weighted by molar-refractivity contribution is -0.131. The Kier molecular flexibility index (Phi) is 5.03. The Morgan fingerprint density at radius 3 is 2.36 bits per heavy atom. The summed E-state index contributed by atoms with van der Waals surface area (Å²) in [6.07, 6.45) is 10.5. The highest BCUT2D eigenvalue weighted by Crippen LogP contribution is 2.61. The Morgan fingerprint density at radius 2 is 1.82 bits per heavy atom. The van der Waals surface area contributed by atoms with Crippen molar-refractivity contribution in [3.63, 3.8) is 0 Å². The van der Waals surface area contributed by atoms with Crippen molar-refractivity contribution in [2.45, 2.75) is 77.8 Å². The van der Waals surface area contributed by atoms with Crippen LogP contribution < -0.4 is 5.32 Å². The standard InChI is InChI=1S/C23H35N3OS/c1-15(23-10-17-7-18(11-23)9-19(8-17)12-23)24-22(27)20-3-5-26(6-4-20)13-21-14-28-16(2)25-21/h14-15,17-20H,3-13H2,1-2H3,(H,24,27). The van der Waals surface area contributed by atoms with Gasteiger partial charge in [0.2, 0.25) is 5.91 Å². The fourth-order valence-electron chi connectivity index (χ4n) is 7.26. The number of aryl methyl sites for hydroxylation is 1. The predicted molar refractivity (Wildman–Crippen MR) is 113 cm³/mol.